The molecule has 0 amide bonds. The van der Waals surface area contributed by atoms with Gasteiger partial charge in [-0.25, -0.2) is 0 Å². The molecule has 1 aliphatic heterocycles. The number of ether oxygens (including phenoxy) is 2. The second-order valence-corrected chi connectivity index (χ2v) is 8.39. The molecule has 21 heavy (non-hydrogen) atoms. The van der Waals surface area contributed by atoms with E-state index < -0.39 is 11.4 Å². The molecule has 0 aromatic heterocycles. The Kier molecular flexibility index (Phi) is 5.54. The third-order valence-electron chi connectivity index (χ3n) is 3.39. The number of benzene rings is 1. The van der Waals surface area contributed by atoms with Crippen LogP contribution < -0.4 is 9.46 Å². The molecular formula is C16H25NO3S. The van der Waals surface area contributed by atoms with E-state index in [1.165, 1.54) is 0 Å². The van der Waals surface area contributed by atoms with Crippen LogP contribution in [0.25, 0.3) is 0 Å². The van der Waals surface area contributed by atoms with Crippen molar-refractivity contribution in [3.05, 3.63) is 29.8 Å². The average Bonchev–Trinajstić information content (AvgIpc) is 2.90. The Morgan fingerprint density at radius 2 is 2.19 bits per heavy atom. The summed E-state index contributed by atoms with van der Waals surface area (Å²) in [4.78, 5) is 0. The van der Waals surface area contributed by atoms with Gasteiger partial charge in [-0.15, -0.1) is 4.72 Å². The molecule has 1 aromatic rings. The SMILES string of the molecule is C[C@H](N[S@+]([O-])C(C)(C)C)c1cccc(OC2CCOC2)c1. The highest BCUT2D eigenvalue weighted by atomic mass is 32.2. The summed E-state index contributed by atoms with van der Waals surface area (Å²) in [5.74, 6) is 0.846. The van der Waals surface area contributed by atoms with Crippen LogP contribution in [0.1, 0.15) is 45.7 Å². The normalized spacial score (nSPS) is 22.0. The van der Waals surface area contributed by atoms with Gasteiger partial charge in [0.1, 0.15) is 16.6 Å². The Morgan fingerprint density at radius 3 is 2.81 bits per heavy atom. The summed E-state index contributed by atoms with van der Waals surface area (Å²) in [5.41, 5.74) is 1.07. The fourth-order valence-electron chi connectivity index (χ4n) is 2.06. The standard InChI is InChI=1S/C16H25NO3S/c1-12(17-21(18)16(2,3)4)13-6-5-7-14(10-13)20-15-8-9-19-11-15/h5-7,10,12,15,17H,8-9,11H2,1-4H3/t12-,15?,21+/m0/s1. The van der Waals surface area contributed by atoms with Crippen LogP contribution in [0.15, 0.2) is 24.3 Å². The van der Waals surface area contributed by atoms with Gasteiger partial charge < -0.3 is 14.0 Å². The minimum absolute atomic E-state index is 0.00781. The van der Waals surface area contributed by atoms with Gasteiger partial charge in [-0.1, -0.05) is 12.1 Å². The van der Waals surface area contributed by atoms with Crippen molar-refractivity contribution in [2.24, 2.45) is 0 Å². The van der Waals surface area contributed by atoms with Gasteiger partial charge in [-0.2, -0.15) is 0 Å². The summed E-state index contributed by atoms with van der Waals surface area (Å²) in [7, 11) is 0. The van der Waals surface area contributed by atoms with Gasteiger partial charge in [-0.3, -0.25) is 0 Å². The van der Waals surface area contributed by atoms with Crippen LogP contribution in [0.3, 0.4) is 0 Å². The molecular weight excluding hydrogens is 286 g/mol. The Hall–Kier alpha value is -0.750. The fourth-order valence-corrected chi connectivity index (χ4v) is 2.87. The summed E-state index contributed by atoms with van der Waals surface area (Å²) in [5, 5.41) is 0. The number of hydrogen-bond acceptors (Lipinski definition) is 4. The van der Waals surface area contributed by atoms with Crippen molar-refractivity contribution in [2.45, 2.75) is 51.0 Å². The van der Waals surface area contributed by atoms with Crippen molar-refractivity contribution >= 4 is 11.4 Å². The molecule has 3 atom stereocenters. The summed E-state index contributed by atoms with van der Waals surface area (Å²) < 4.78 is 26.3. The van der Waals surface area contributed by atoms with Crippen LogP contribution in [0.2, 0.25) is 0 Å². The Balaban J connectivity index is 1.99. The highest BCUT2D eigenvalue weighted by molar-refractivity contribution is 7.90. The van der Waals surface area contributed by atoms with Crippen molar-refractivity contribution in [3.8, 4) is 5.75 Å². The lowest BCUT2D eigenvalue weighted by Crippen LogP contribution is -2.40. The van der Waals surface area contributed by atoms with E-state index in [1.807, 2.05) is 52.0 Å². The molecule has 118 valence electrons. The molecule has 4 nitrogen and oxygen atoms in total. The number of rotatable bonds is 5. The monoisotopic (exact) mass is 311 g/mol. The predicted octanol–water partition coefficient (Wildman–Crippen LogP) is 2.97. The molecule has 0 radical (unpaired) electrons. The summed E-state index contributed by atoms with van der Waals surface area (Å²) in [6.45, 7) is 9.33. The van der Waals surface area contributed by atoms with Gasteiger partial charge in [0.15, 0.2) is 0 Å². The maximum atomic E-state index is 12.2. The molecule has 0 saturated carbocycles. The quantitative estimate of drug-likeness (QED) is 0.849. The first-order valence-corrected chi connectivity index (χ1v) is 8.53. The topological polar surface area (TPSA) is 53.5 Å². The third-order valence-corrected chi connectivity index (χ3v) is 5.07. The van der Waals surface area contributed by atoms with E-state index >= 15 is 0 Å². The van der Waals surface area contributed by atoms with Crippen LogP contribution in [-0.2, 0) is 16.1 Å². The van der Waals surface area contributed by atoms with Gasteiger partial charge in [-0.05, 0) is 45.4 Å². The predicted molar refractivity (Wildman–Crippen MR) is 85.7 cm³/mol. The molecule has 1 unspecified atom stereocenters. The van der Waals surface area contributed by atoms with Crippen molar-refractivity contribution < 1.29 is 14.0 Å². The van der Waals surface area contributed by atoms with Crippen LogP contribution in [0.4, 0.5) is 0 Å². The third kappa shape index (κ3) is 4.88. The lowest BCUT2D eigenvalue weighted by molar-refractivity contribution is 0.141. The zero-order valence-electron chi connectivity index (χ0n) is 13.2. The molecule has 1 aromatic carbocycles. The molecule has 2 rings (SSSR count). The van der Waals surface area contributed by atoms with Crippen molar-refractivity contribution in [1.82, 2.24) is 4.72 Å². The highest BCUT2D eigenvalue weighted by Gasteiger charge is 2.28. The van der Waals surface area contributed by atoms with Crippen LogP contribution >= 0.6 is 0 Å². The highest BCUT2D eigenvalue weighted by Crippen LogP contribution is 2.24. The van der Waals surface area contributed by atoms with Gasteiger partial charge in [0.05, 0.1) is 19.3 Å². The lowest BCUT2D eigenvalue weighted by atomic mass is 10.1. The van der Waals surface area contributed by atoms with Crippen LogP contribution in [-0.4, -0.2) is 28.6 Å². The largest absolute Gasteiger partial charge is 0.598 e. The molecule has 5 heteroatoms. The molecule has 1 saturated heterocycles. The minimum Gasteiger partial charge on any atom is -0.598 e. The zero-order valence-corrected chi connectivity index (χ0v) is 14.0. The van der Waals surface area contributed by atoms with Crippen LogP contribution in [0, 0.1) is 0 Å². The van der Waals surface area contributed by atoms with E-state index in [0.29, 0.717) is 6.61 Å². The second kappa shape index (κ2) is 7.01. The second-order valence-electron chi connectivity index (χ2n) is 6.40. The molecule has 1 aliphatic rings. The molecule has 1 fully saturated rings. The van der Waals surface area contributed by atoms with Crippen molar-refractivity contribution in [2.75, 3.05) is 13.2 Å². The molecule has 0 aliphatic carbocycles. The summed E-state index contributed by atoms with van der Waals surface area (Å²) >= 11 is -1.09. The first-order valence-electron chi connectivity index (χ1n) is 7.38. The molecule has 1 N–H and O–H groups in total. The molecule has 1 heterocycles. The van der Waals surface area contributed by atoms with E-state index in [1.54, 1.807) is 0 Å². The smallest absolute Gasteiger partial charge is 0.136 e. The maximum Gasteiger partial charge on any atom is 0.136 e. The first-order chi connectivity index (χ1) is 9.86. The Morgan fingerprint density at radius 1 is 1.43 bits per heavy atom. The fraction of sp³-hybridized carbons (Fsp3) is 0.625. The minimum atomic E-state index is -1.09. The number of hydrogen-bond donors (Lipinski definition) is 1. The maximum absolute atomic E-state index is 12.2. The van der Waals surface area contributed by atoms with Gasteiger partial charge in [0.25, 0.3) is 0 Å². The van der Waals surface area contributed by atoms with E-state index in [-0.39, 0.29) is 16.9 Å². The van der Waals surface area contributed by atoms with E-state index in [9.17, 15) is 4.55 Å². The van der Waals surface area contributed by atoms with Crippen molar-refractivity contribution in [3.63, 3.8) is 0 Å². The van der Waals surface area contributed by atoms with Crippen molar-refractivity contribution in [1.29, 1.82) is 0 Å². The van der Waals surface area contributed by atoms with Crippen LogP contribution in [0.5, 0.6) is 5.75 Å². The molecule has 0 bridgehead atoms. The summed E-state index contributed by atoms with van der Waals surface area (Å²) in [6.07, 6.45) is 1.08. The van der Waals surface area contributed by atoms with E-state index in [4.69, 9.17) is 9.47 Å². The lowest BCUT2D eigenvalue weighted by Gasteiger charge is -2.26. The Bertz CT molecular complexity index is 455. The van der Waals surface area contributed by atoms with Gasteiger partial charge >= 0.3 is 0 Å². The molecule has 0 spiro atoms. The van der Waals surface area contributed by atoms with E-state index in [2.05, 4.69) is 4.72 Å². The zero-order chi connectivity index (χ0) is 15.5. The first kappa shape index (κ1) is 16.6. The average molecular weight is 311 g/mol. The number of nitrogens with one attached hydrogen (secondary N) is 1. The summed E-state index contributed by atoms with van der Waals surface area (Å²) in [6, 6.07) is 7.97. The van der Waals surface area contributed by atoms with Gasteiger partial charge in [0, 0.05) is 17.8 Å². The Labute approximate surface area is 130 Å². The van der Waals surface area contributed by atoms with E-state index in [0.717, 1.165) is 24.3 Å². The van der Waals surface area contributed by atoms with Gasteiger partial charge in [0.2, 0.25) is 0 Å².